The Morgan fingerprint density at radius 1 is 0.791 bits per heavy atom. The smallest absolute Gasteiger partial charge is 0.264 e. The number of ether oxygens (including phenoxy) is 2. The molecule has 0 saturated heterocycles. The Labute approximate surface area is 285 Å². The molecule has 0 fully saturated rings. The fraction of sp³-hybridized carbons (Fsp3) is 0.0714. The van der Waals surface area contributed by atoms with Gasteiger partial charge in [0.2, 0.25) is 0 Å². The molecule has 0 bridgehead atoms. The fourth-order valence-electron chi connectivity index (χ4n) is 4.26. The highest BCUT2D eigenvalue weighted by Crippen LogP contribution is 2.39. The molecule has 0 aliphatic rings. The minimum absolute atomic E-state index is 0.137. The summed E-state index contributed by atoms with van der Waals surface area (Å²) in [6, 6.07) is 21.9. The van der Waals surface area contributed by atoms with Crippen LogP contribution in [0.5, 0.6) is 11.5 Å². The predicted molar refractivity (Wildman–Crippen MR) is 190 cm³/mol. The number of sulfonamides is 1. The molecule has 15 heteroatoms. The van der Waals surface area contributed by atoms with Crippen LogP contribution in [0.4, 0.5) is 10.3 Å². The molecule has 0 aliphatic heterocycles. The molecule has 43 heavy (non-hydrogen) atoms. The molecule has 0 saturated carbocycles. The number of para-hydroxylation sites is 1. The van der Waals surface area contributed by atoms with Gasteiger partial charge in [0.05, 0.1) is 28.5 Å². The minimum atomic E-state index is -3.91. The van der Waals surface area contributed by atoms with Crippen molar-refractivity contribution in [3.63, 3.8) is 0 Å². The summed E-state index contributed by atoms with van der Waals surface area (Å²) >= 11 is 6.82. The number of thiazole rings is 2. The Hall–Kier alpha value is -2.58. The van der Waals surface area contributed by atoms with Crippen LogP contribution in [-0.4, -0.2) is 36.8 Å². The first-order chi connectivity index (χ1) is 20.6. The first-order valence-electron chi connectivity index (χ1n) is 12.3. The molecule has 1 atom stereocenters. The van der Waals surface area contributed by atoms with Gasteiger partial charge in [0.25, 0.3) is 10.0 Å². The number of benzene rings is 4. The molecule has 0 amide bonds. The van der Waals surface area contributed by atoms with Crippen molar-refractivity contribution in [1.82, 2.24) is 9.97 Å². The van der Waals surface area contributed by atoms with Crippen LogP contribution >= 0.6 is 67.9 Å². The van der Waals surface area contributed by atoms with E-state index in [1.54, 1.807) is 32.4 Å². The van der Waals surface area contributed by atoms with Crippen molar-refractivity contribution in [2.75, 3.05) is 23.7 Å². The molecule has 0 spiro atoms. The van der Waals surface area contributed by atoms with E-state index >= 15 is 0 Å². The molecule has 2 N–H and O–H groups in total. The Balaban J connectivity index is 1.28. The van der Waals surface area contributed by atoms with Crippen molar-refractivity contribution in [2.45, 2.75) is 9.79 Å². The first kappa shape index (κ1) is 30.4. The Kier molecular flexibility index (Phi) is 8.80. The largest absolute Gasteiger partial charge is 0.494 e. The van der Waals surface area contributed by atoms with Gasteiger partial charge in [-0.05, 0) is 117 Å². The van der Waals surface area contributed by atoms with E-state index in [1.807, 2.05) is 77.2 Å². The highest BCUT2D eigenvalue weighted by Gasteiger charge is 2.22. The van der Waals surface area contributed by atoms with Crippen LogP contribution in [0.2, 0.25) is 0 Å². The standard InChI is InChI=1S/C28H20I2N4O5S4/c1-38-20-4-3-5-22-25(20)32-28(40-22)34-43(36,37)24-11-6-15(12-19(24)30)16-13-21(39-2)26-23(14-16)41-27(31-26)33-42(35)18-9-7-17(29)8-10-18/h3-14H,1-2H3,(H,31,33)(H,32,34). The zero-order chi connectivity index (χ0) is 30.3. The van der Waals surface area contributed by atoms with Gasteiger partial charge in [-0.2, -0.15) is 0 Å². The molecule has 0 aliphatic carbocycles. The highest BCUT2D eigenvalue weighted by molar-refractivity contribution is 14.1. The minimum Gasteiger partial charge on any atom is -0.494 e. The van der Waals surface area contributed by atoms with Crippen LogP contribution in [0.15, 0.2) is 82.6 Å². The normalized spacial score (nSPS) is 12.4. The van der Waals surface area contributed by atoms with Crippen molar-refractivity contribution in [3.8, 4) is 22.6 Å². The van der Waals surface area contributed by atoms with Gasteiger partial charge in [-0.3, -0.25) is 9.44 Å². The van der Waals surface area contributed by atoms with E-state index in [4.69, 9.17) is 9.47 Å². The summed E-state index contributed by atoms with van der Waals surface area (Å²) < 4.78 is 59.4. The summed E-state index contributed by atoms with van der Waals surface area (Å²) in [7, 11) is -2.27. The van der Waals surface area contributed by atoms with Crippen LogP contribution in [0.3, 0.4) is 0 Å². The summed E-state index contributed by atoms with van der Waals surface area (Å²) in [4.78, 5) is 9.84. The van der Waals surface area contributed by atoms with Gasteiger partial charge >= 0.3 is 0 Å². The lowest BCUT2D eigenvalue weighted by molar-refractivity contribution is 0.419. The topological polar surface area (TPSA) is 120 Å². The third-order valence-electron chi connectivity index (χ3n) is 6.27. The van der Waals surface area contributed by atoms with Gasteiger partial charge in [0, 0.05) is 7.14 Å². The lowest BCUT2D eigenvalue weighted by Gasteiger charge is -2.10. The SMILES string of the molecule is COc1cc(-c2ccc(S(=O)(=O)Nc3nc4c(OC)cccc4s3)c(I)c2)cc2sc(NS(=O)c3ccc(I)cc3)nc12. The molecule has 6 aromatic rings. The van der Waals surface area contributed by atoms with Crippen molar-refractivity contribution in [1.29, 1.82) is 0 Å². The molecule has 4 aromatic carbocycles. The predicted octanol–water partition coefficient (Wildman–Crippen LogP) is 7.73. The summed E-state index contributed by atoms with van der Waals surface area (Å²) in [5.41, 5.74) is 2.87. The second kappa shape index (κ2) is 12.4. The lowest BCUT2D eigenvalue weighted by Crippen LogP contribution is -2.14. The maximum absolute atomic E-state index is 13.3. The monoisotopic (exact) mass is 874 g/mol. The average Bonchev–Trinajstić information content (AvgIpc) is 3.59. The van der Waals surface area contributed by atoms with E-state index < -0.39 is 21.0 Å². The maximum atomic E-state index is 13.3. The van der Waals surface area contributed by atoms with E-state index in [2.05, 4.69) is 42.0 Å². The van der Waals surface area contributed by atoms with Crippen molar-refractivity contribution in [3.05, 3.63) is 79.9 Å². The van der Waals surface area contributed by atoms with Crippen LogP contribution in [0.1, 0.15) is 0 Å². The molecule has 220 valence electrons. The van der Waals surface area contributed by atoms with Gasteiger partial charge in [-0.15, -0.1) is 0 Å². The lowest BCUT2D eigenvalue weighted by atomic mass is 10.1. The van der Waals surface area contributed by atoms with Gasteiger partial charge < -0.3 is 9.47 Å². The molecule has 9 nitrogen and oxygen atoms in total. The second-order valence-corrected chi connectivity index (χ2v) is 16.3. The van der Waals surface area contributed by atoms with Crippen molar-refractivity contribution < 1.29 is 22.1 Å². The zero-order valence-electron chi connectivity index (χ0n) is 22.3. The van der Waals surface area contributed by atoms with Gasteiger partial charge in [-0.1, -0.05) is 34.8 Å². The number of nitrogens with one attached hydrogen (secondary N) is 2. The fourth-order valence-corrected chi connectivity index (χ4v) is 10.1. The number of nitrogens with zero attached hydrogens (tertiary/aromatic N) is 2. The molecule has 2 heterocycles. The number of aromatic nitrogens is 2. The van der Waals surface area contributed by atoms with Gasteiger partial charge in [0.1, 0.15) is 27.4 Å². The van der Waals surface area contributed by atoms with E-state index in [1.165, 1.54) is 22.7 Å². The van der Waals surface area contributed by atoms with E-state index in [0.29, 0.717) is 36.1 Å². The molecular formula is C28H20I2N4O5S4. The first-order valence-corrected chi connectivity index (χ1v) is 18.8. The number of halogens is 2. The maximum Gasteiger partial charge on any atom is 0.264 e. The number of hydrogen-bond acceptors (Lipinski definition) is 9. The summed E-state index contributed by atoms with van der Waals surface area (Å²) in [6.07, 6.45) is 0. The third kappa shape index (κ3) is 6.32. The van der Waals surface area contributed by atoms with E-state index in [-0.39, 0.29) is 10.0 Å². The van der Waals surface area contributed by atoms with Crippen molar-refractivity contribution in [2.24, 2.45) is 0 Å². The summed E-state index contributed by atoms with van der Waals surface area (Å²) in [5, 5.41) is 0.754. The molecule has 2 aromatic heterocycles. The molecule has 1 unspecified atom stereocenters. The Bertz CT molecular complexity index is 2130. The summed E-state index contributed by atoms with van der Waals surface area (Å²) in [6.45, 7) is 0. The van der Waals surface area contributed by atoms with E-state index in [9.17, 15) is 12.6 Å². The zero-order valence-corrected chi connectivity index (χ0v) is 29.8. The Morgan fingerprint density at radius 3 is 2.21 bits per heavy atom. The van der Waals surface area contributed by atoms with Crippen LogP contribution in [0.25, 0.3) is 31.6 Å². The van der Waals surface area contributed by atoms with Crippen molar-refractivity contribution >= 4 is 120 Å². The number of hydrogen-bond donors (Lipinski definition) is 2. The number of fused-ring (bicyclic) bond motifs is 2. The molecule has 0 radical (unpaired) electrons. The third-order valence-corrected chi connectivity index (χ3v) is 12.8. The number of rotatable bonds is 9. The molecule has 6 rings (SSSR count). The second-order valence-electron chi connectivity index (χ2n) is 8.95. The highest BCUT2D eigenvalue weighted by atomic mass is 127. The van der Waals surface area contributed by atoms with Gasteiger partial charge in [-0.25, -0.2) is 22.6 Å². The van der Waals surface area contributed by atoms with Crippen LogP contribution in [-0.2, 0) is 21.0 Å². The quantitative estimate of drug-likeness (QED) is 0.143. The van der Waals surface area contributed by atoms with Gasteiger partial charge in [0.15, 0.2) is 21.2 Å². The number of anilines is 2. The summed E-state index contributed by atoms with van der Waals surface area (Å²) in [5.74, 6) is 1.13. The number of methoxy groups -OCH3 is 2. The Morgan fingerprint density at radius 2 is 1.49 bits per heavy atom. The molecular weight excluding hydrogens is 854 g/mol. The van der Waals surface area contributed by atoms with E-state index in [0.717, 1.165) is 24.1 Å². The van der Waals surface area contributed by atoms with Crippen LogP contribution < -0.4 is 18.9 Å². The average molecular weight is 875 g/mol. The van der Waals surface area contributed by atoms with Crippen LogP contribution in [0, 0.1) is 7.14 Å².